The van der Waals surface area contributed by atoms with Gasteiger partial charge in [-0.25, -0.2) is 0 Å². The number of aliphatic carboxylic acids is 1. The number of aromatic nitrogens is 3. The summed E-state index contributed by atoms with van der Waals surface area (Å²) in [6.07, 6.45) is 0. The van der Waals surface area contributed by atoms with E-state index in [-0.39, 0.29) is 5.95 Å². The van der Waals surface area contributed by atoms with Crippen LogP contribution in [0.25, 0.3) is 0 Å². The van der Waals surface area contributed by atoms with Crippen molar-refractivity contribution in [3.63, 3.8) is 0 Å². The lowest BCUT2D eigenvalue weighted by Crippen LogP contribution is -2.26. The average molecular weight is 215 g/mol. The molecule has 0 aliphatic carbocycles. The van der Waals surface area contributed by atoms with Crippen LogP contribution in [-0.2, 0) is 11.8 Å². The molecular formula is C6H9N5O4. The topological polar surface area (TPSA) is 123 Å². The number of nitrogens with zero attached hydrogens (tertiary/aromatic N) is 4. The predicted octanol–water partition coefficient (Wildman–Crippen LogP) is -0.392. The minimum atomic E-state index is -1.08. The standard InChI is InChI=1S/C6H9N5O4/c1-3(4(12)13)7-5-8-6(11(14)15)9-10(5)2/h3H,1-2H3,(H,12,13)(H,7,8,9). The molecule has 82 valence electrons. The van der Waals surface area contributed by atoms with E-state index in [0.29, 0.717) is 0 Å². The van der Waals surface area contributed by atoms with Gasteiger partial charge >= 0.3 is 17.9 Å². The smallest absolute Gasteiger partial charge is 0.480 e. The molecule has 0 saturated heterocycles. The fraction of sp³-hybridized carbons (Fsp3) is 0.500. The molecular weight excluding hydrogens is 206 g/mol. The summed E-state index contributed by atoms with van der Waals surface area (Å²) in [5, 5.41) is 24.8. The first-order chi connectivity index (χ1) is 6.91. The highest BCUT2D eigenvalue weighted by molar-refractivity contribution is 5.75. The minimum absolute atomic E-state index is 0.0385. The largest absolute Gasteiger partial charge is 0.493 e. The van der Waals surface area contributed by atoms with E-state index in [1.54, 1.807) is 0 Å². The van der Waals surface area contributed by atoms with E-state index in [0.717, 1.165) is 4.68 Å². The van der Waals surface area contributed by atoms with Crippen LogP contribution < -0.4 is 5.32 Å². The van der Waals surface area contributed by atoms with Gasteiger partial charge in [0, 0.05) is 12.1 Å². The molecule has 0 bridgehead atoms. The van der Waals surface area contributed by atoms with Gasteiger partial charge in [0.2, 0.25) is 0 Å². The van der Waals surface area contributed by atoms with Crippen LogP contribution in [0, 0.1) is 10.1 Å². The van der Waals surface area contributed by atoms with E-state index in [4.69, 9.17) is 5.11 Å². The number of carboxylic acid groups (broad SMARTS) is 1. The number of nitro groups is 1. The Morgan fingerprint density at radius 3 is 2.73 bits per heavy atom. The normalized spacial score (nSPS) is 12.1. The Morgan fingerprint density at radius 2 is 2.33 bits per heavy atom. The zero-order valence-corrected chi connectivity index (χ0v) is 8.04. The summed E-state index contributed by atoms with van der Waals surface area (Å²) in [6, 6.07) is -0.896. The van der Waals surface area contributed by atoms with E-state index in [9.17, 15) is 14.9 Å². The Labute approximate surface area is 83.9 Å². The highest BCUT2D eigenvalue weighted by atomic mass is 16.6. The third-order valence-electron chi connectivity index (χ3n) is 1.63. The maximum Gasteiger partial charge on any atom is 0.493 e. The molecule has 1 atom stereocenters. The lowest BCUT2D eigenvalue weighted by molar-refractivity contribution is -0.394. The molecule has 0 fully saturated rings. The Hall–Kier alpha value is -2.19. The maximum atomic E-state index is 10.5. The molecule has 1 aromatic heterocycles. The predicted molar refractivity (Wildman–Crippen MR) is 48.4 cm³/mol. The van der Waals surface area contributed by atoms with Crippen molar-refractivity contribution in [2.24, 2.45) is 7.05 Å². The van der Waals surface area contributed by atoms with Gasteiger partial charge in [-0.2, -0.15) is 4.68 Å². The number of hydrogen-bond acceptors (Lipinski definition) is 6. The van der Waals surface area contributed by atoms with Crippen LogP contribution >= 0.6 is 0 Å². The Kier molecular flexibility index (Phi) is 2.83. The molecule has 0 radical (unpaired) electrons. The zero-order chi connectivity index (χ0) is 11.6. The highest BCUT2D eigenvalue weighted by Crippen LogP contribution is 2.09. The third kappa shape index (κ3) is 2.39. The van der Waals surface area contributed by atoms with Crippen molar-refractivity contribution < 1.29 is 14.8 Å². The first-order valence-corrected chi connectivity index (χ1v) is 3.96. The van der Waals surface area contributed by atoms with E-state index in [1.165, 1.54) is 14.0 Å². The first kappa shape index (κ1) is 10.9. The molecule has 1 heterocycles. The first-order valence-electron chi connectivity index (χ1n) is 3.96. The second kappa shape index (κ2) is 3.90. The van der Waals surface area contributed by atoms with Crippen molar-refractivity contribution >= 4 is 17.9 Å². The summed E-state index contributed by atoms with van der Waals surface area (Å²) < 4.78 is 1.11. The van der Waals surface area contributed by atoms with Crippen molar-refractivity contribution in [3.05, 3.63) is 10.1 Å². The molecule has 0 spiro atoms. The van der Waals surface area contributed by atoms with Crippen molar-refractivity contribution in [1.29, 1.82) is 0 Å². The van der Waals surface area contributed by atoms with Crippen molar-refractivity contribution in [3.8, 4) is 0 Å². The Bertz CT molecular complexity index is 400. The monoisotopic (exact) mass is 215 g/mol. The molecule has 0 saturated carbocycles. The fourth-order valence-electron chi connectivity index (χ4n) is 0.829. The maximum absolute atomic E-state index is 10.5. The molecule has 9 heteroatoms. The number of carboxylic acids is 1. The van der Waals surface area contributed by atoms with Gasteiger partial charge in [-0.05, 0) is 16.8 Å². The molecule has 0 amide bonds. The van der Waals surface area contributed by atoms with E-state index < -0.39 is 22.9 Å². The average Bonchev–Trinajstić information content (AvgIpc) is 2.47. The lowest BCUT2D eigenvalue weighted by atomic mass is 10.3. The van der Waals surface area contributed by atoms with Gasteiger partial charge in [0.15, 0.2) is 0 Å². The number of rotatable bonds is 4. The minimum Gasteiger partial charge on any atom is -0.480 e. The van der Waals surface area contributed by atoms with Gasteiger partial charge in [-0.15, -0.1) is 0 Å². The van der Waals surface area contributed by atoms with Gasteiger partial charge in [-0.1, -0.05) is 0 Å². The quantitative estimate of drug-likeness (QED) is 0.517. The molecule has 0 aliphatic rings. The molecule has 0 aliphatic heterocycles. The summed E-state index contributed by atoms with van der Waals surface area (Å²) in [5.74, 6) is -1.62. The number of carbonyl (C=O) groups is 1. The molecule has 15 heavy (non-hydrogen) atoms. The van der Waals surface area contributed by atoms with Gasteiger partial charge in [-0.3, -0.25) is 4.79 Å². The van der Waals surface area contributed by atoms with Gasteiger partial charge < -0.3 is 20.5 Å². The van der Waals surface area contributed by atoms with E-state index >= 15 is 0 Å². The van der Waals surface area contributed by atoms with Crippen LogP contribution in [0.15, 0.2) is 0 Å². The second-order valence-electron chi connectivity index (χ2n) is 2.82. The third-order valence-corrected chi connectivity index (χ3v) is 1.63. The van der Waals surface area contributed by atoms with Crippen molar-refractivity contribution in [2.45, 2.75) is 13.0 Å². The molecule has 1 unspecified atom stereocenters. The number of nitrogens with one attached hydrogen (secondary N) is 1. The number of anilines is 1. The van der Waals surface area contributed by atoms with Crippen LogP contribution in [-0.4, -0.2) is 36.8 Å². The Balaban J connectivity index is 2.86. The molecule has 9 nitrogen and oxygen atoms in total. The van der Waals surface area contributed by atoms with E-state index in [1.807, 2.05) is 0 Å². The molecule has 2 N–H and O–H groups in total. The van der Waals surface area contributed by atoms with Crippen molar-refractivity contribution in [1.82, 2.24) is 14.8 Å². The lowest BCUT2D eigenvalue weighted by Gasteiger charge is -2.05. The summed E-state index contributed by atoms with van der Waals surface area (Å²) in [4.78, 5) is 23.6. The van der Waals surface area contributed by atoms with Crippen LogP contribution in [0.2, 0.25) is 0 Å². The van der Waals surface area contributed by atoms with E-state index in [2.05, 4.69) is 15.4 Å². The van der Waals surface area contributed by atoms with Gasteiger partial charge in [0.05, 0.1) is 0 Å². The summed E-state index contributed by atoms with van der Waals surface area (Å²) >= 11 is 0. The number of aryl methyl sites for hydroxylation is 1. The second-order valence-corrected chi connectivity index (χ2v) is 2.82. The molecule has 1 aromatic rings. The van der Waals surface area contributed by atoms with Crippen LogP contribution in [0.5, 0.6) is 0 Å². The summed E-state index contributed by atoms with van der Waals surface area (Å²) in [5.41, 5.74) is 0. The van der Waals surface area contributed by atoms with Crippen LogP contribution in [0.4, 0.5) is 11.9 Å². The summed E-state index contributed by atoms with van der Waals surface area (Å²) in [7, 11) is 1.43. The van der Waals surface area contributed by atoms with Gasteiger partial charge in [0.25, 0.3) is 0 Å². The fourth-order valence-corrected chi connectivity index (χ4v) is 0.829. The zero-order valence-electron chi connectivity index (χ0n) is 8.04. The highest BCUT2D eigenvalue weighted by Gasteiger charge is 2.22. The molecule has 1 rings (SSSR count). The molecule has 0 aromatic carbocycles. The Morgan fingerprint density at radius 1 is 1.73 bits per heavy atom. The SMILES string of the molecule is CC(Nc1nc([N+](=O)[O-])nn1C)C(=O)O. The summed E-state index contributed by atoms with van der Waals surface area (Å²) in [6.45, 7) is 1.39. The van der Waals surface area contributed by atoms with Crippen LogP contribution in [0.3, 0.4) is 0 Å². The van der Waals surface area contributed by atoms with Crippen LogP contribution in [0.1, 0.15) is 6.92 Å². The number of hydrogen-bond donors (Lipinski definition) is 2. The van der Waals surface area contributed by atoms with Gasteiger partial charge in [0.1, 0.15) is 6.04 Å². The van der Waals surface area contributed by atoms with Crippen molar-refractivity contribution in [2.75, 3.05) is 5.32 Å².